The second kappa shape index (κ2) is 5.73. The fraction of sp³-hybridized carbons (Fsp3) is 0.286. The Kier molecular flexibility index (Phi) is 3.64. The molecule has 1 amide bonds. The fourth-order valence-corrected chi connectivity index (χ4v) is 3.51. The largest absolute Gasteiger partial charge is 0.450 e. The van der Waals surface area contributed by atoms with Crippen molar-refractivity contribution >= 4 is 16.9 Å². The van der Waals surface area contributed by atoms with Crippen molar-refractivity contribution in [2.75, 3.05) is 6.54 Å². The zero-order chi connectivity index (χ0) is 17.7. The van der Waals surface area contributed by atoms with E-state index in [1.165, 1.54) is 12.1 Å². The van der Waals surface area contributed by atoms with E-state index >= 15 is 0 Å². The first-order chi connectivity index (χ1) is 12.0. The Balaban J connectivity index is 1.69. The Labute approximate surface area is 146 Å². The predicted molar refractivity (Wildman–Crippen MR) is 95.2 cm³/mol. The van der Waals surface area contributed by atoms with Gasteiger partial charge < -0.3 is 9.32 Å². The summed E-state index contributed by atoms with van der Waals surface area (Å²) >= 11 is 0. The molecule has 1 aliphatic rings. The third-order valence-corrected chi connectivity index (χ3v) is 5.35. The Bertz CT molecular complexity index is 972. The van der Waals surface area contributed by atoms with Crippen molar-refractivity contribution in [2.24, 2.45) is 0 Å². The predicted octanol–water partition coefficient (Wildman–Crippen LogP) is 5.08. The van der Waals surface area contributed by atoms with Crippen molar-refractivity contribution in [2.45, 2.75) is 33.2 Å². The van der Waals surface area contributed by atoms with Crippen LogP contribution in [0.5, 0.6) is 0 Å². The summed E-state index contributed by atoms with van der Waals surface area (Å²) in [6.45, 7) is 6.67. The van der Waals surface area contributed by atoms with E-state index in [9.17, 15) is 9.18 Å². The van der Waals surface area contributed by atoms with Crippen LogP contribution >= 0.6 is 0 Å². The minimum atomic E-state index is -0.264. The number of hydrogen-bond acceptors (Lipinski definition) is 2. The molecule has 25 heavy (non-hydrogen) atoms. The van der Waals surface area contributed by atoms with Gasteiger partial charge in [-0.2, -0.15) is 0 Å². The number of benzene rings is 2. The smallest absolute Gasteiger partial charge is 0.290 e. The summed E-state index contributed by atoms with van der Waals surface area (Å²) in [6.07, 6.45) is 0.884. The minimum absolute atomic E-state index is 0.0106. The molecule has 2 heterocycles. The average molecular weight is 337 g/mol. The van der Waals surface area contributed by atoms with Gasteiger partial charge in [0, 0.05) is 17.5 Å². The van der Waals surface area contributed by atoms with Gasteiger partial charge in [-0.25, -0.2) is 4.39 Å². The number of furan rings is 1. The quantitative estimate of drug-likeness (QED) is 0.653. The highest BCUT2D eigenvalue weighted by atomic mass is 19.1. The van der Waals surface area contributed by atoms with Crippen LogP contribution in [-0.2, 0) is 0 Å². The maximum absolute atomic E-state index is 13.1. The van der Waals surface area contributed by atoms with Gasteiger partial charge in [0.25, 0.3) is 5.91 Å². The lowest BCUT2D eigenvalue weighted by atomic mass is 9.94. The van der Waals surface area contributed by atoms with E-state index in [1.807, 2.05) is 26.8 Å². The molecule has 0 radical (unpaired) electrons. The summed E-state index contributed by atoms with van der Waals surface area (Å²) in [7, 11) is 0. The molecule has 1 unspecified atom stereocenters. The van der Waals surface area contributed by atoms with Crippen LogP contribution in [0.3, 0.4) is 0 Å². The van der Waals surface area contributed by atoms with Crippen LogP contribution in [0.15, 0.2) is 40.8 Å². The maximum atomic E-state index is 13.1. The third-order valence-electron chi connectivity index (χ3n) is 5.35. The monoisotopic (exact) mass is 337 g/mol. The number of halogens is 1. The third kappa shape index (κ3) is 2.44. The number of carbonyl (C=O) groups excluding carboxylic acids is 1. The summed E-state index contributed by atoms with van der Waals surface area (Å²) in [6, 6.07) is 10.4. The lowest BCUT2D eigenvalue weighted by Crippen LogP contribution is -2.45. The molecular formula is C21H20FNO2. The van der Waals surface area contributed by atoms with Crippen LogP contribution in [0.4, 0.5) is 4.39 Å². The molecule has 0 spiro atoms. The van der Waals surface area contributed by atoms with E-state index in [1.54, 1.807) is 17.0 Å². The van der Waals surface area contributed by atoms with Gasteiger partial charge >= 0.3 is 0 Å². The van der Waals surface area contributed by atoms with E-state index in [0.717, 1.165) is 39.6 Å². The van der Waals surface area contributed by atoms with E-state index in [-0.39, 0.29) is 17.8 Å². The Morgan fingerprint density at radius 2 is 1.80 bits per heavy atom. The minimum Gasteiger partial charge on any atom is -0.450 e. The molecule has 4 rings (SSSR count). The van der Waals surface area contributed by atoms with Crippen LogP contribution in [0.2, 0.25) is 0 Å². The first-order valence-corrected chi connectivity index (χ1v) is 8.53. The summed E-state index contributed by atoms with van der Waals surface area (Å²) in [5, 5.41) is 0.991. The SMILES string of the molecule is Cc1ccc2c(C)c(C(=O)N3CCC3c3ccc(F)cc3)oc2c1C. The highest BCUT2D eigenvalue weighted by molar-refractivity contribution is 6.00. The van der Waals surface area contributed by atoms with Gasteiger partial charge in [-0.1, -0.05) is 24.3 Å². The molecule has 4 heteroatoms. The number of fused-ring (bicyclic) bond motifs is 1. The zero-order valence-corrected chi connectivity index (χ0v) is 14.6. The molecule has 1 saturated heterocycles. The van der Waals surface area contributed by atoms with Crippen LogP contribution in [0.25, 0.3) is 11.0 Å². The first kappa shape index (κ1) is 15.9. The number of likely N-dealkylation sites (tertiary alicyclic amines) is 1. The number of carbonyl (C=O) groups is 1. The highest BCUT2D eigenvalue weighted by Crippen LogP contribution is 2.37. The molecule has 1 aliphatic heterocycles. The second-order valence-electron chi connectivity index (χ2n) is 6.79. The zero-order valence-electron chi connectivity index (χ0n) is 14.6. The van der Waals surface area contributed by atoms with Crippen molar-refractivity contribution in [1.82, 2.24) is 4.90 Å². The van der Waals surface area contributed by atoms with Gasteiger partial charge in [-0.15, -0.1) is 0 Å². The Hall–Kier alpha value is -2.62. The van der Waals surface area contributed by atoms with Crippen molar-refractivity contribution in [3.8, 4) is 0 Å². The molecule has 1 aromatic heterocycles. The van der Waals surface area contributed by atoms with Crippen molar-refractivity contribution in [3.63, 3.8) is 0 Å². The molecule has 2 aromatic carbocycles. The second-order valence-corrected chi connectivity index (χ2v) is 6.79. The first-order valence-electron chi connectivity index (χ1n) is 8.53. The summed E-state index contributed by atoms with van der Waals surface area (Å²) in [5.41, 5.74) is 4.85. The number of amides is 1. The molecule has 1 atom stereocenters. The number of rotatable bonds is 2. The summed E-state index contributed by atoms with van der Waals surface area (Å²) in [5.74, 6) is 0.0572. The van der Waals surface area contributed by atoms with Gasteiger partial charge in [0.05, 0.1) is 6.04 Å². The topological polar surface area (TPSA) is 33.5 Å². The number of aryl methyl sites for hydroxylation is 3. The lowest BCUT2D eigenvalue weighted by molar-refractivity contribution is 0.0429. The standard InChI is InChI=1S/C21H20FNO2/c1-12-4-9-17-14(3)20(25-19(17)13(12)2)21(24)23-11-10-18(23)15-5-7-16(22)8-6-15/h4-9,18H,10-11H2,1-3H3. The van der Waals surface area contributed by atoms with Crippen LogP contribution in [0, 0.1) is 26.6 Å². The molecule has 128 valence electrons. The van der Waals surface area contributed by atoms with Crippen LogP contribution < -0.4 is 0 Å². The van der Waals surface area contributed by atoms with Crippen LogP contribution in [0.1, 0.15) is 45.3 Å². The average Bonchev–Trinajstić information content (AvgIpc) is 2.90. The molecule has 1 fully saturated rings. The lowest BCUT2D eigenvalue weighted by Gasteiger charge is -2.41. The van der Waals surface area contributed by atoms with Crippen LogP contribution in [-0.4, -0.2) is 17.4 Å². The van der Waals surface area contributed by atoms with Gasteiger partial charge in [0.2, 0.25) is 0 Å². The van der Waals surface area contributed by atoms with Gasteiger partial charge in [0.15, 0.2) is 5.76 Å². The molecule has 3 nitrogen and oxygen atoms in total. The Morgan fingerprint density at radius 3 is 2.44 bits per heavy atom. The number of nitrogens with zero attached hydrogens (tertiary/aromatic N) is 1. The molecule has 0 aliphatic carbocycles. The van der Waals surface area contributed by atoms with Crippen molar-refractivity contribution in [3.05, 3.63) is 70.2 Å². The normalized spacial score (nSPS) is 17.0. The summed E-state index contributed by atoms with van der Waals surface area (Å²) in [4.78, 5) is 14.8. The molecule has 0 N–H and O–H groups in total. The highest BCUT2D eigenvalue weighted by Gasteiger charge is 2.36. The maximum Gasteiger partial charge on any atom is 0.290 e. The van der Waals surface area contributed by atoms with E-state index in [4.69, 9.17) is 4.42 Å². The van der Waals surface area contributed by atoms with E-state index in [2.05, 4.69) is 6.07 Å². The van der Waals surface area contributed by atoms with Gasteiger partial charge in [0.1, 0.15) is 11.4 Å². The van der Waals surface area contributed by atoms with Crippen molar-refractivity contribution < 1.29 is 13.6 Å². The van der Waals surface area contributed by atoms with Gasteiger partial charge in [-0.3, -0.25) is 4.79 Å². The molecular weight excluding hydrogens is 317 g/mol. The summed E-state index contributed by atoms with van der Waals surface area (Å²) < 4.78 is 19.1. The molecule has 3 aromatic rings. The fourth-order valence-electron chi connectivity index (χ4n) is 3.51. The van der Waals surface area contributed by atoms with E-state index < -0.39 is 0 Å². The van der Waals surface area contributed by atoms with E-state index in [0.29, 0.717) is 12.3 Å². The number of hydrogen-bond donors (Lipinski definition) is 0. The molecule has 0 bridgehead atoms. The van der Waals surface area contributed by atoms with Crippen molar-refractivity contribution in [1.29, 1.82) is 0 Å². The molecule has 0 saturated carbocycles. The Morgan fingerprint density at radius 1 is 1.08 bits per heavy atom. The van der Waals surface area contributed by atoms with Gasteiger partial charge in [-0.05, 0) is 56.0 Å².